The minimum atomic E-state index is 0. The van der Waals surface area contributed by atoms with Gasteiger partial charge in [-0.1, -0.05) is 37.6 Å². The Bertz CT molecular complexity index is 57.7. The third-order valence-electron chi connectivity index (χ3n) is 1.72. The van der Waals surface area contributed by atoms with Gasteiger partial charge in [0.15, 0.2) is 0 Å². The zero-order valence-electron chi connectivity index (χ0n) is 6.08. The summed E-state index contributed by atoms with van der Waals surface area (Å²) in [6.07, 6.45) is 7.48. The van der Waals surface area contributed by atoms with Crippen LogP contribution in [0.4, 0.5) is 0 Å². The summed E-state index contributed by atoms with van der Waals surface area (Å²) in [5.41, 5.74) is 1.06. The summed E-state index contributed by atoms with van der Waals surface area (Å²) in [4.78, 5) is 0. The SMILES string of the molecule is [Cl-].[Cl-].[Hf].[SiH2]C1CCCCC1. The molecule has 10 heavy (non-hydrogen) atoms. The van der Waals surface area contributed by atoms with Crippen LogP contribution < -0.4 is 24.8 Å². The van der Waals surface area contributed by atoms with Crippen molar-refractivity contribution < 1.29 is 50.7 Å². The van der Waals surface area contributed by atoms with Crippen molar-refractivity contribution in [3.63, 3.8) is 0 Å². The van der Waals surface area contributed by atoms with E-state index in [0.29, 0.717) is 0 Å². The van der Waals surface area contributed by atoms with Gasteiger partial charge < -0.3 is 24.8 Å². The minimum Gasteiger partial charge on any atom is -1.00 e. The molecule has 1 saturated carbocycles. The molecule has 0 spiro atoms. The zero-order chi connectivity index (χ0) is 5.11. The van der Waals surface area contributed by atoms with E-state index < -0.39 is 0 Å². The average molecular weight is 363 g/mol. The second kappa shape index (κ2) is 10.7. The van der Waals surface area contributed by atoms with Crippen molar-refractivity contribution in [1.82, 2.24) is 0 Å². The fraction of sp³-hybridized carbons (Fsp3) is 1.00. The Labute approximate surface area is 97.9 Å². The maximum Gasteiger partial charge on any atom is 0.0121 e. The van der Waals surface area contributed by atoms with Gasteiger partial charge in [0.2, 0.25) is 0 Å². The molecule has 1 aliphatic rings. The van der Waals surface area contributed by atoms with E-state index in [1.807, 2.05) is 0 Å². The van der Waals surface area contributed by atoms with Crippen molar-refractivity contribution >= 4 is 10.2 Å². The van der Waals surface area contributed by atoms with Crippen LogP contribution in [0.15, 0.2) is 0 Å². The molecule has 0 N–H and O–H groups in total. The second-order valence-electron chi connectivity index (χ2n) is 2.50. The Hall–Kier alpha value is 1.67. The number of rotatable bonds is 0. The third kappa shape index (κ3) is 7.77. The molecule has 0 amide bonds. The predicted molar refractivity (Wildman–Crippen MR) is 35.4 cm³/mol. The van der Waals surface area contributed by atoms with E-state index in [1.165, 1.54) is 32.1 Å². The van der Waals surface area contributed by atoms with Gasteiger partial charge >= 0.3 is 0 Å². The van der Waals surface area contributed by atoms with E-state index in [2.05, 4.69) is 10.2 Å². The van der Waals surface area contributed by atoms with E-state index in [0.717, 1.165) is 5.54 Å². The molecule has 0 aromatic carbocycles. The zero-order valence-corrected chi connectivity index (χ0v) is 12.6. The van der Waals surface area contributed by atoms with Crippen LogP contribution in [0.3, 0.4) is 0 Å². The molecule has 0 aromatic rings. The van der Waals surface area contributed by atoms with Crippen molar-refractivity contribution in [3.8, 4) is 0 Å². The quantitative estimate of drug-likeness (QED) is 0.381. The van der Waals surface area contributed by atoms with Gasteiger partial charge in [0.05, 0.1) is 0 Å². The van der Waals surface area contributed by atoms with E-state index >= 15 is 0 Å². The van der Waals surface area contributed by atoms with Gasteiger partial charge in [-0.3, -0.25) is 0 Å². The van der Waals surface area contributed by atoms with Gasteiger partial charge in [-0.15, -0.1) is 0 Å². The fourth-order valence-corrected chi connectivity index (χ4v) is 1.76. The Balaban J connectivity index is -0.000000163. The van der Waals surface area contributed by atoms with E-state index in [1.54, 1.807) is 0 Å². The van der Waals surface area contributed by atoms with Crippen LogP contribution in [0.1, 0.15) is 32.1 Å². The molecule has 0 bridgehead atoms. The molecule has 0 saturated heterocycles. The normalized spacial score (nSPS) is 17.7. The summed E-state index contributed by atoms with van der Waals surface area (Å²) in [5.74, 6) is 0. The van der Waals surface area contributed by atoms with Crippen molar-refractivity contribution in [2.75, 3.05) is 0 Å². The van der Waals surface area contributed by atoms with Crippen LogP contribution in [0.25, 0.3) is 0 Å². The van der Waals surface area contributed by atoms with Gasteiger partial charge in [-0.25, -0.2) is 0 Å². The van der Waals surface area contributed by atoms with Gasteiger partial charge in [-0.05, 0) is 0 Å². The Morgan fingerprint density at radius 3 is 1.50 bits per heavy atom. The van der Waals surface area contributed by atoms with E-state index in [4.69, 9.17) is 0 Å². The molecule has 0 aromatic heterocycles. The first kappa shape index (κ1) is 17.7. The van der Waals surface area contributed by atoms with Crippen LogP contribution in [-0.2, 0) is 25.8 Å². The first-order chi connectivity index (χ1) is 3.39. The predicted octanol–water partition coefficient (Wildman–Crippen LogP) is -4.62. The summed E-state index contributed by atoms with van der Waals surface area (Å²) in [6, 6.07) is 0. The van der Waals surface area contributed by atoms with Crippen molar-refractivity contribution in [1.29, 1.82) is 0 Å². The van der Waals surface area contributed by atoms with Gasteiger partial charge in [-0.2, -0.15) is 0 Å². The molecule has 0 atom stereocenters. The molecule has 0 heterocycles. The van der Waals surface area contributed by atoms with E-state index in [9.17, 15) is 0 Å². The molecule has 1 fully saturated rings. The first-order valence-corrected chi connectivity index (χ1v) is 4.04. The third-order valence-corrected chi connectivity index (χ3v) is 2.54. The van der Waals surface area contributed by atoms with Crippen LogP contribution >= 0.6 is 0 Å². The summed E-state index contributed by atoms with van der Waals surface area (Å²) in [7, 11) is 2.18. The summed E-state index contributed by atoms with van der Waals surface area (Å²) < 4.78 is 0. The Morgan fingerprint density at radius 2 is 1.30 bits per heavy atom. The Kier molecular flexibility index (Phi) is 18.9. The Morgan fingerprint density at radius 1 is 0.900 bits per heavy atom. The average Bonchev–Trinajstić information content (AvgIpc) is 1.69. The topological polar surface area (TPSA) is 0 Å². The minimum absolute atomic E-state index is 0. The van der Waals surface area contributed by atoms with Crippen LogP contribution in [-0.4, -0.2) is 10.2 Å². The number of hydrogen-bond donors (Lipinski definition) is 0. The van der Waals surface area contributed by atoms with Crippen LogP contribution in [0, 0.1) is 0 Å². The van der Waals surface area contributed by atoms with E-state index in [-0.39, 0.29) is 50.7 Å². The monoisotopic (exact) mass is 363 g/mol. The largest absolute Gasteiger partial charge is 1.00 e. The molecule has 61 valence electrons. The molecule has 0 nitrogen and oxygen atoms in total. The molecule has 1 radical (unpaired) electrons. The maximum absolute atomic E-state index is 2.18. The summed E-state index contributed by atoms with van der Waals surface area (Å²) in [6.45, 7) is 0. The first-order valence-electron chi connectivity index (χ1n) is 3.22. The summed E-state index contributed by atoms with van der Waals surface area (Å²) in [5, 5.41) is 0. The van der Waals surface area contributed by atoms with Crippen molar-refractivity contribution in [2.24, 2.45) is 0 Å². The standard InChI is InChI=1S/C6H13Si.2ClH.Hf/c7-6-4-2-1-3-5-6;;;/h6H,1-5,7H2;2*1H;/p-2. The molecule has 4 heteroatoms. The van der Waals surface area contributed by atoms with Gasteiger partial charge in [0.25, 0.3) is 0 Å². The smallest absolute Gasteiger partial charge is 0.0121 e. The van der Waals surface area contributed by atoms with Crippen LogP contribution in [0.5, 0.6) is 0 Å². The van der Waals surface area contributed by atoms with Gasteiger partial charge in [0, 0.05) is 36.1 Å². The second-order valence-corrected chi connectivity index (χ2v) is 3.66. The van der Waals surface area contributed by atoms with Gasteiger partial charge in [0.1, 0.15) is 0 Å². The fourth-order valence-electron chi connectivity index (χ4n) is 1.19. The number of hydrogen-bond acceptors (Lipinski definition) is 0. The molecular weight excluding hydrogens is 350 g/mol. The van der Waals surface area contributed by atoms with Crippen LogP contribution in [0.2, 0.25) is 5.54 Å². The summed E-state index contributed by atoms with van der Waals surface area (Å²) >= 11 is 0. The van der Waals surface area contributed by atoms with Crippen molar-refractivity contribution in [3.05, 3.63) is 0 Å². The molecule has 1 rings (SSSR count). The molecule has 0 aliphatic heterocycles. The number of halogens is 2. The molecule has 1 aliphatic carbocycles. The molecule has 0 unspecified atom stereocenters. The maximum atomic E-state index is 2.18. The molecular formula is C6H13Cl2HfSi-2. The van der Waals surface area contributed by atoms with Crippen molar-refractivity contribution in [2.45, 2.75) is 37.6 Å².